The minimum absolute atomic E-state index is 0.00178. The first-order chi connectivity index (χ1) is 16.0. The SMILES string of the molecule is CCC.CN(C)C(=O)Cc1ccc(C(=O)O)cc1.CNC(=O)c1ccc(CC(=O)N(C)C)cc1. The van der Waals surface area contributed by atoms with Gasteiger partial charge < -0.3 is 20.2 Å². The molecule has 0 aliphatic rings. The van der Waals surface area contributed by atoms with Crippen molar-refractivity contribution in [3.8, 4) is 0 Å². The van der Waals surface area contributed by atoms with Crippen LogP contribution in [0.15, 0.2) is 48.5 Å². The van der Waals surface area contributed by atoms with Crippen LogP contribution in [-0.2, 0) is 22.4 Å². The minimum atomic E-state index is -0.958. The summed E-state index contributed by atoms with van der Waals surface area (Å²) in [5, 5.41) is 11.2. The van der Waals surface area contributed by atoms with Crippen LogP contribution in [0.25, 0.3) is 0 Å². The van der Waals surface area contributed by atoms with Gasteiger partial charge in [-0.2, -0.15) is 0 Å². The average Bonchev–Trinajstić information content (AvgIpc) is 2.80. The van der Waals surface area contributed by atoms with Gasteiger partial charge in [0.25, 0.3) is 5.91 Å². The Morgan fingerprint density at radius 1 is 0.706 bits per heavy atom. The molecule has 0 saturated heterocycles. The zero-order chi connectivity index (χ0) is 26.3. The molecule has 0 aromatic heterocycles. The lowest BCUT2D eigenvalue weighted by Crippen LogP contribution is -2.23. The van der Waals surface area contributed by atoms with E-state index >= 15 is 0 Å². The summed E-state index contributed by atoms with van der Waals surface area (Å²) in [5.41, 5.74) is 2.56. The summed E-state index contributed by atoms with van der Waals surface area (Å²) in [6.07, 6.45) is 1.91. The quantitative estimate of drug-likeness (QED) is 0.673. The summed E-state index contributed by atoms with van der Waals surface area (Å²) in [7, 11) is 8.41. The van der Waals surface area contributed by atoms with Crippen molar-refractivity contribution in [2.45, 2.75) is 33.1 Å². The summed E-state index contributed by atoms with van der Waals surface area (Å²) < 4.78 is 0. The molecule has 8 heteroatoms. The maximum Gasteiger partial charge on any atom is 0.335 e. The van der Waals surface area contributed by atoms with Crippen LogP contribution in [0.4, 0.5) is 0 Å². The van der Waals surface area contributed by atoms with Crippen molar-refractivity contribution in [2.24, 2.45) is 0 Å². The average molecular weight is 472 g/mol. The van der Waals surface area contributed by atoms with Crippen molar-refractivity contribution in [3.63, 3.8) is 0 Å². The Balaban J connectivity index is 0.000000575. The van der Waals surface area contributed by atoms with E-state index in [0.29, 0.717) is 18.4 Å². The Morgan fingerprint density at radius 2 is 1.03 bits per heavy atom. The zero-order valence-electron chi connectivity index (χ0n) is 21.2. The first-order valence-corrected chi connectivity index (χ1v) is 11.0. The number of hydrogen-bond acceptors (Lipinski definition) is 4. The largest absolute Gasteiger partial charge is 0.478 e. The monoisotopic (exact) mass is 471 g/mol. The van der Waals surface area contributed by atoms with E-state index in [4.69, 9.17) is 5.11 Å². The predicted molar refractivity (Wildman–Crippen MR) is 134 cm³/mol. The topological polar surface area (TPSA) is 107 Å². The van der Waals surface area contributed by atoms with Crippen LogP contribution in [0.3, 0.4) is 0 Å². The summed E-state index contributed by atoms with van der Waals surface area (Å²) in [6, 6.07) is 13.4. The highest BCUT2D eigenvalue weighted by molar-refractivity contribution is 5.94. The standard InChI is InChI=1S/C12H16N2O2.C11H13NO3.C3H8/c1-13-12(16)10-6-4-9(5-7-10)8-11(15)14(2)3;1-12(2)10(13)7-8-3-5-9(6-4-8)11(14)15;1-3-2/h4-7H,8H2,1-3H3,(H,13,16);3-6H,7H2,1-2H3,(H,14,15);3H2,1-2H3. The third-order valence-electron chi connectivity index (χ3n) is 4.35. The molecule has 2 aromatic rings. The molecule has 0 aliphatic carbocycles. The summed E-state index contributed by atoms with van der Waals surface area (Å²) in [4.78, 5) is 47.7. The molecule has 186 valence electrons. The summed E-state index contributed by atoms with van der Waals surface area (Å²) in [6.45, 7) is 4.25. The lowest BCUT2D eigenvalue weighted by molar-refractivity contribution is -0.128. The lowest BCUT2D eigenvalue weighted by Gasteiger charge is -2.10. The Bertz CT molecular complexity index is 920. The molecule has 0 saturated carbocycles. The molecule has 0 radical (unpaired) electrons. The minimum Gasteiger partial charge on any atom is -0.478 e. The lowest BCUT2D eigenvalue weighted by atomic mass is 10.1. The number of carboxylic acid groups (broad SMARTS) is 1. The van der Waals surface area contributed by atoms with Gasteiger partial charge in [-0.25, -0.2) is 4.79 Å². The van der Waals surface area contributed by atoms with Crippen LogP contribution >= 0.6 is 0 Å². The molecule has 0 fully saturated rings. The second-order valence-electron chi connectivity index (χ2n) is 7.92. The normalized spacial score (nSPS) is 9.38. The van der Waals surface area contributed by atoms with Crippen molar-refractivity contribution >= 4 is 23.7 Å². The van der Waals surface area contributed by atoms with Gasteiger partial charge in [0, 0.05) is 40.8 Å². The molecule has 8 nitrogen and oxygen atoms in total. The van der Waals surface area contributed by atoms with E-state index in [1.54, 1.807) is 76.5 Å². The third-order valence-corrected chi connectivity index (χ3v) is 4.35. The molecule has 0 atom stereocenters. The molecule has 3 amide bonds. The van der Waals surface area contributed by atoms with Crippen molar-refractivity contribution in [2.75, 3.05) is 35.2 Å². The van der Waals surface area contributed by atoms with Crippen LogP contribution in [-0.4, -0.2) is 73.8 Å². The first kappa shape index (κ1) is 30.3. The van der Waals surface area contributed by atoms with Crippen LogP contribution in [0.2, 0.25) is 0 Å². The molecular formula is C26H37N3O5. The summed E-state index contributed by atoms with van der Waals surface area (Å²) in [5.74, 6) is -1.03. The van der Waals surface area contributed by atoms with E-state index in [9.17, 15) is 19.2 Å². The fourth-order valence-corrected chi connectivity index (χ4v) is 2.35. The van der Waals surface area contributed by atoms with Gasteiger partial charge >= 0.3 is 5.97 Å². The smallest absolute Gasteiger partial charge is 0.335 e. The van der Waals surface area contributed by atoms with Gasteiger partial charge in [0.15, 0.2) is 0 Å². The van der Waals surface area contributed by atoms with E-state index in [0.717, 1.165) is 11.1 Å². The molecule has 34 heavy (non-hydrogen) atoms. The first-order valence-electron chi connectivity index (χ1n) is 11.0. The molecule has 0 bridgehead atoms. The molecular weight excluding hydrogens is 434 g/mol. The Kier molecular flexibility index (Phi) is 14.3. The number of likely N-dealkylation sites (N-methyl/N-ethyl adjacent to an activating group) is 2. The van der Waals surface area contributed by atoms with Crippen LogP contribution < -0.4 is 5.32 Å². The molecule has 2 rings (SSSR count). The van der Waals surface area contributed by atoms with Crippen molar-refractivity contribution in [1.82, 2.24) is 15.1 Å². The van der Waals surface area contributed by atoms with Crippen LogP contribution in [0.1, 0.15) is 52.1 Å². The Labute approximate surface area is 202 Å². The van der Waals surface area contributed by atoms with E-state index in [2.05, 4.69) is 19.2 Å². The van der Waals surface area contributed by atoms with E-state index in [-0.39, 0.29) is 23.3 Å². The van der Waals surface area contributed by atoms with Gasteiger partial charge in [-0.3, -0.25) is 14.4 Å². The number of nitrogens with zero attached hydrogens (tertiary/aromatic N) is 2. The zero-order valence-corrected chi connectivity index (χ0v) is 21.2. The number of carboxylic acids is 1. The van der Waals surface area contributed by atoms with Gasteiger partial charge in [0.2, 0.25) is 11.8 Å². The highest BCUT2D eigenvalue weighted by atomic mass is 16.4. The third kappa shape index (κ3) is 11.8. The number of aromatic carboxylic acids is 1. The van der Waals surface area contributed by atoms with Crippen LogP contribution in [0, 0.1) is 0 Å². The van der Waals surface area contributed by atoms with Crippen LogP contribution in [0.5, 0.6) is 0 Å². The van der Waals surface area contributed by atoms with E-state index < -0.39 is 5.97 Å². The number of carbonyl (C=O) groups is 4. The van der Waals surface area contributed by atoms with Gasteiger partial charge in [-0.15, -0.1) is 0 Å². The van der Waals surface area contributed by atoms with Gasteiger partial charge in [0.05, 0.1) is 18.4 Å². The van der Waals surface area contributed by atoms with E-state index in [1.165, 1.54) is 23.5 Å². The van der Waals surface area contributed by atoms with E-state index in [1.807, 2.05) is 0 Å². The summed E-state index contributed by atoms with van der Waals surface area (Å²) >= 11 is 0. The van der Waals surface area contributed by atoms with Crippen molar-refractivity contribution in [1.29, 1.82) is 0 Å². The fraction of sp³-hybridized carbons (Fsp3) is 0.385. The Hall–Kier alpha value is -3.68. The Morgan fingerprint density at radius 3 is 1.29 bits per heavy atom. The highest BCUT2D eigenvalue weighted by Crippen LogP contribution is 2.07. The molecule has 2 aromatic carbocycles. The molecule has 0 spiro atoms. The molecule has 0 aliphatic heterocycles. The number of hydrogen-bond donors (Lipinski definition) is 2. The molecule has 2 N–H and O–H groups in total. The number of nitrogens with one attached hydrogen (secondary N) is 1. The van der Waals surface area contributed by atoms with Crippen molar-refractivity contribution in [3.05, 3.63) is 70.8 Å². The van der Waals surface area contributed by atoms with Crippen molar-refractivity contribution < 1.29 is 24.3 Å². The second kappa shape index (κ2) is 16.0. The second-order valence-corrected chi connectivity index (χ2v) is 7.92. The number of benzene rings is 2. The number of amides is 3. The molecule has 0 heterocycles. The maximum atomic E-state index is 11.4. The molecule has 0 unspecified atom stereocenters. The maximum absolute atomic E-state index is 11.4. The highest BCUT2D eigenvalue weighted by Gasteiger charge is 2.08. The number of rotatable bonds is 6. The fourth-order valence-electron chi connectivity index (χ4n) is 2.35. The van der Waals surface area contributed by atoms with Gasteiger partial charge in [-0.1, -0.05) is 44.5 Å². The van der Waals surface area contributed by atoms with Gasteiger partial charge in [-0.05, 0) is 35.4 Å². The number of carbonyl (C=O) groups excluding carboxylic acids is 3. The van der Waals surface area contributed by atoms with Gasteiger partial charge in [0.1, 0.15) is 0 Å². The predicted octanol–water partition coefficient (Wildman–Crippen LogP) is 3.11.